The second kappa shape index (κ2) is 14.7. The number of hydrogen-bond acceptors (Lipinski definition) is 6. The largest absolute Gasteiger partial charge is 0.480 e. The Balaban J connectivity index is 1.99. The van der Waals surface area contributed by atoms with Crippen molar-refractivity contribution in [3.8, 4) is 0 Å². The van der Waals surface area contributed by atoms with Crippen LogP contribution < -0.4 is 33.2 Å². The maximum atomic E-state index is 13.1. The number of benzene rings is 1. The fourth-order valence-corrected chi connectivity index (χ4v) is 4.00. The molecule has 0 fully saturated rings. The first-order valence-corrected chi connectivity index (χ1v) is 12.9. The van der Waals surface area contributed by atoms with Gasteiger partial charge in [0.2, 0.25) is 17.7 Å². The second-order valence-corrected chi connectivity index (χ2v) is 9.62. The Labute approximate surface area is 227 Å². The van der Waals surface area contributed by atoms with E-state index in [1.807, 2.05) is 31.2 Å². The van der Waals surface area contributed by atoms with Gasteiger partial charge >= 0.3 is 5.97 Å². The highest BCUT2D eigenvalue weighted by Gasteiger charge is 2.31. The van der Waals surface area contributed by atoms with E-state index in [4.69, 9.17) is 17.2 Å². The molecule has 1 aromatic carbocycles. The van der Waals surface area contributed by atoms with Crippen molar-refractivity contribution in [3.05, 3.63) is 36.0 Å². The topological polar surface area (TPSA) is 231 Å². The molecule has 11 N–H and O–H groups in total. The normalized spacial score (nSPS) is 14.9. The zero-order chi connectivity index (χ0) is 29.1. The number of rotatable bonds is 15. The Morgan fingerprint density at radius 3 is 2.36 bits per heavy atom. The number of nitrogens with two attached hydrogens (primary N) is 3. The molecule has 5 atom stereocenters. The van der Waals surface area contributed by atoms with Gasteiger partial charge in [-0.25, -0.2) is 4.79 Å². The van der Waals surface area contributed by atoms with Crippen molar-refractivity contribution >= 4 is 40.6 Å². The van der Waals surface area contributed by atoms with Gasteiger partial charge in [0, 0.05) is 30.1 Å². The third-order valence-electron chi connectivity index (χ3n) is 6.56. The van der Waals surface area contributed by atoms with E-state index in [2.05, 4.69) is 25.9 Å². The van der Waals surface area contributed by atoms with E-state index in [-0.39, 0.29) is 18.3 Å². The van der Waals surface area contributed by atoms with Crippen LogP contribution in [0.4, 0.5) is 0 Å². The number of aromatic nitrogens is 1. The minimum atomic E-state index is -1.21. The van der Waals surface area contributed by atoms with Crippen LogP contribution in [0.2, 0.25) is 0 Å². The van der Waals surface area contributed by atoms with Gasteiger partial charge in [-0.2, -0.15) is 0 Å². The lowest BCUT2D eigenvalue weighted by Crippen LogP contribution is -2.58. The van der Waals surface area contributed by atoms with Crippen LogP contribution >= 0.6 is 0 Å². The van der Waals surface area contributed by atoms with Crippen LogP contribution in [0.1, 0.15) is 45.6 Å². The van der Waals surface area contributed by atoms with Crippen molar-refractivity contribution in [2.45, 2.75) is 70.6 Å². The summed E-state index contributed by atoms with van der Waals surface area (Å²) >= 11 is 0. The molecule has 0 saturated carbocycles. The fourth-order valence-electron chi connectivity index (χ4n) is 4.00. The van der Waals surface area contributed by atoms with Crippen molar-refractivity contribution in [3.63, 3.8) is 0 Å². The lowest BCUT2D eigenvalue weighted by atomic mass is 9.97. The van der Waals surface area contributed by atoms with Crippen LogP contribution in [-0.2, 0) is 25.6 Å². The highest BCUT2D eigenvalue weighted by atomic mass is 16.4. The zero-order valence-electron chi connectivity index (χ0n) is 22.6. The number of guanidine groups is 1. The highest BCUT2D eigenvalue weighted by Crippen LogP contribution is 2.19. The number of fused-ring (bicyclic) bond motifs is 1. The summed E-state index contributed by atoms with van der Waals surface area (Å²) in [5, 5.41) is 18.3. The lowest BCUT2D eigenvalue weighted by Gasteiger charge is -2.27. The van der Waals surface area contributed by atoms with Gasteiger partial charge in [0.1, 0.15) is 18.1 Å². The molecule has 5 unspecified atom stereocenters. The van der Waals surface area contributed by atoms with E-state index in [0.29, 0.717) is 25.8 Å². The smallest absolute Gasteiger partial charge is 0.326 e. The molecule has 1 heterocycles. The second-order valence-electron chi connectivity index (χ2n) is 9.62. The first kappa shape index (κ1) is 31.1. The van der Waals surface area contributed by atoms with Gasteiger partial charge in [-0.1, -0.05) is 38.5 Å². The van der Waals surface area contributed by atoms with Crippen LogP contribution in [-0.4, -0.2) is 70.5 Å². The first-order chi connectivity index (χ1) is 18.4. The highest BCUT2D eigenvalue weighted by molar-refractivity contribution is 5.94. The number of carbonyl (C=O) groups is 4. The van der Waals surface area contributed by atoms with Gasteiger partial charge in [-0.3, -0.25) is 19.4 Å². The first-order valence-electron chi connectivity index (χ1n) is 12.9. The number of aliphatic imine (C=N–C) groups is 1. The average molecular weight is 545 g/mol. The number of nitrogens with one attached hydrogen (secondary N) is 4. The molecular formula is C26H40N8O5. The van der Waals surface area contributed by atoms with Crippen LogP contribution in [0.25, 0.3) is 10.9 Å². The Bertz CT molecular complexity index is 1180. The lowest BCUT2D eigenvalue weighted by molar-refractivity contribution is -0.142. The summed E-state index contributed by atoms with van der Waals surface area (Å²) in [6.45, 7) is 5.43. The summed E-state index contributed by atoms with van der Waals surface area (Å²) < 4.78 is 0. The van der Waals surface area contributed by atoms with E-state index >= 15 is 0 Å². The number of nitrogens with zero attached hydrogens (tertiary/aromatic N) is 1. The summed E-state index contributed by atoms with van der Waals surface area (Å²) in [5.41, 5.74) is 18.1. The molecule has 1 aromatic heterocycles. The molecule has 13 nitrogen and oxygen atoms in total. The molecule has 3 amide bonds. The molecule has 39 heavy (non-hydrogen) atoms. The van der Waals surface area contributed by atoms with Crippen LogP contribution in [0, 0.1) is 5.92 Å². The van der Waals surface area contributed by atoms with Gasteiger partial charge in [0.15, 0.2) is 5.96 Å². The number of aliphatic carboxylic acids is 1. The fraction of sp³-hybridized carbons (Fsp3) is 0.500. The van der Waals surface area contributed by atoms with Crippen molar-refractivity contribution < 1.29 is 24.3 Å². The standard InChI is InChI=1S/C26H40N8O5/c1-4-14(2)21(34-23(36)18(27)9-7-11-30-26(28)29)24(37)32-15(3)22(35)33-20(25(38)39)12-16-13-31-19-10-6-5-8-17(16)19/h5-6,8,10,13-15,18,20-21,31H,4,7,9,11-12,27H2,1-3H3,(H,32,37)(H,33,35)(H,34,36)(H,38,39)(H4,28,29,30). The number of carbonyl (C=O) groups excluding carboxylic acids is 3. The molecule has 2 aromatic rings. The van der Waals surface area contributed by atoms with Crippen LogP contribution in [0.15, 0.2) is 35.5 Å². The molecule has 13 heteroatoms. The number of aromatic amines is 1. The molecule has 0 aliphatic heterocycles. The summed E-state index contributed by atoms with van der Waals surface area (Å²) in [6.07, 6.45) is 3.13. The van der Waals surface area contributed by atoms with Crippen molar-refractivity contribution in [2.75, 3.05) is 6.54 Å². The number of carboxylic acid groups (broad SMARTS) is 1. The number of hydrogen-bond donors (Lipinski definition) is 8. The molecular weight excluding hydrogens is 504 g/mol. The number of para-hydroxylation sites is 1. The minimum absolute atomic E-state index is 0.0488. The van der Waals surface area contributed by atoms with E-state index in [1.54, 1.807) is 13.1 Å². The SMILES string of the molecule is CCC(C)C(NC(=O)C(N)CCCN=C(N)N)C(=O)NC(C)C(=O)NC(Cc1c[nH]c2ccccc12)C(=O)O. The minimum Gasteiger partial charge on any atom is -0.480 e. The number of amides is 3. The number of H-pyrrole nitrogens is 1. The monoisotopic (exact) mass is 544 g/mol. The van der Waals surface area contributed by atoms with Crippen LogP contribution in [0.3, 0.4) is 0 Å². The maximum absolute atomic E-state index is 13.1. The van der Waals surface area contributed by atoms with E-state index in [0.717, 1.165) is 16.5 Å². The number of carboxylic acids is 1. The zero-order valence-corrected chi connectivity index (χ0v) is 22.6. The molecule has 2 rings (SSSR count). The van der Waals surface area contributed by atoms with Gasteiger partial charge in [-0.15, -0.1) is 0 Å². The van der Waals surface area contributed by atoms with Gasteiger partial charge in [0.25, 0.3) is 0 Å². The molecule has 0 spiro atoms. The van der Waals surface area contributed by atoms with Crippen molar-refractivity contribution in [1.29, 1.82) is 0 Å². The summed E-state index contributed by atoms with van der Waals surface area (Å²) in [7, 11) is 0. The molecule has 0 aliphatic rings. The molecule has 214 valence electrons. The predicted molar refractivity (Wildman–Crippen MR) is 148 cm³/mol. The Morgan fingerprint density at radius 1 is 1.03 bits per heavy atom. The molecule has 0 bridgehead atoms. The Morgan fingerprint density at radius 2 is 1.72 bits per heavy atom. The Hall–Kier alpha value is -4.13. The average Bonchev–Trinajstić information content (AvgIpc) is 3.30. The van der Waals surface area contributed by atoms with E-state index < -0.39 is 47.9 Å². The van der Waals surface area contributed by atoms with Crippen molar-refractivity contribution in [2.24, 2.45) is 28.1 Å². The van der Waals surface area contributed by atoms with Crippen LogP contribution in [0.5, 0.6) is 0 Å². The third kappa shape index (κ3) is 9.28. The summed E-state index contributed by atoms with van der Waals surface area (Å²) in [4.78, 5) is 57.4. The molecule has 0 aliphatic carbocycles. The Kier molecular flexibility index (Phi) is 11.7. The quantitative estimate of drug-likeness (QED) is 0.0840. The molecule has 0 radical (unpaired) electrons. The van der Waals surface area contributed by atoms with E-state index in [9.17, 15) is 24.3 Å². The van der Waals surface area contributed by atoms with Gasteiger partial charge in [0.05, 0.1) is 6.04 Å². The van der Waals surface area contributed by atoms with Crippen molar-refractivity contribution in [1.82, 2.24) is 20.9 Å². The van der Waals surface area contributed by atoms with Gasteiger partial charge in [-0.05, 0) is 37.3 Å². The predicted octanol–water partition coefficient (Wildman–Crippen LogP) is -0.304. The summed E-state index contributed by atoms with van der Waals surface area (Å²) in [6, 6.07) is 3.36. The third-order valence-corrected chi connectivity index (χ3v) is 6.56. The van der Waals surface area contributed by atoms with Gasteiger partial charge < -0.3 is 43.2 Å². The summed E-state index contributed by atoms with van der Waals surface area (Å²) in [5.74, 6) is -3.26. The maximum Gasteiger partial charge on any atom is 0.326 e. The van der Waals surface area contributed by atoms with E-state index in [1.165, 1.54) is 6.92 Å². The molecule has 0 saturated heterocycles.